The van der Waals surface area contributed by atoms with Gasteiger partial charge in [-0.15, -0.1) is 0 Å². The summed E-state index contributed by atoms with van der Waals surface area (Å²) in [4.78, 5) is 11.9. The Hall–Kier alpha value is -1.97. The number of benzene rings is 2. The number of carbonyl (C=O) groups excluding carboxylic acids is 1. The average Bonchev–Trinajstić information content (AvgIpc) is 2.81. The first kappa shape index (κ1) is 14.0. The number of esters is 1. The van der Waals surface area contributed by atoms with Crippen LogP contribution in [-0.4, -0.2) is 13.1 Å². The van der Waals surface area contributed by atoms with E-state index in [1.807, 2.05) is 24.3 Å². The van der Waals surface area contributed by atoms with E-state index in [9.17, 15) is 4.79 Å². The van der Waals surface area contributed by atoms with E-state index in [0.29, 0.717) is 26.9 Å². The smallest absolute Gasteiger partial charge is 0.345 e. The number of hydrogen-bond donors (Lipinski definition) is 0. The number of ether oxygens (including phenoxy) is 2. The van der Waals surface area contributed by atoms with E-state index in [-0.39, 0.29) is 0 Å². The van der Waals surface area contributed by atoms with Crippen LogP contribution in [-0.2, 0) is 4.74 Å². The quantitative estimate of drug-likeness (QED) is 0.754. The maximum atomic E-state index is 11.9. The zero-order valence-electron chi connectivity index (χ0n) is 11.0. The van der Waals surface area contributed by atoms with Gasteiger partial charge in [-0.25, -0.2) is 4.79 Å². The standard InChI is InChI=1S/C16H10Cl2O3/c1-20-10-4-2-9(3-5-10)8-13-14-11(17)6-7-12(18)15(14)16(19)21-13/h2-8H,1H3/b13-8-. The molecule has 2 aromatic carbocycles. The Balaban J connectivity index is 2.08. The highest BCUT2D eigenvalue weighted by Gasteiger charge is 2.31. The van der Waals surface area contributed by atoms with Gasteiger partial charge in [0.25, 0.3) is 0 Å². The van der Waals surface area contributed by atoms with Crippen molar-refractivity contribution in [2.75, 3.05) is 7.11 Å². The van der Waals surface area contributed by atoms with Crippen LogP contribution in [0.2, 0.25) is 10.0 Å². The van der Waals surface area contributed by atoms with Gasteiger partial charge in [-0.1, -0.05) is 35.3 Å². The minimum atomic E-state index is -0.489. The lowest BCUT2D eigenvalue weighted by atomic mass is 10.1. The number of cyclic esters (lactones) is 1. The van der Waals surface area contributed by atoms with Gasteiger partial charge >= 0.3 is 5.97 Å². The van der Waals surface area contributed by atoms with Crippen LogP contribution in [0.4, 0.5) is 0 Å². The summed E-state index contributed by atoms with van der Waals surface area (Å²) in [5.41, 5.74) is 1.71. The van der Waals surface area contributed by atoms with Gasteiger partial charge in [-0.3, -0.25) is 0 Å². The second kappa shape index (κ2) is 5.43. The summed E-state index contributed by atoms with van der Waals surface area (Å²) < 4.78 is 10.4. The van der Waals surface area contributed by atoms with Gasteiger partial charge in [0.1, 0.15) is 11.5 Å². The molecule has 0 aromatic heterocycles. The summed E-state index contributed by atoms with van der Waals surface area (Å²) in [7, 11) is 1.60. The largest absolute Gasteiger partial charge is 0.497 e. The Kier molecular flexibility index (Phi) is 3.62. The van der Waals surface area contributed by atoms with Crippen LogP contribution in [0.5, 0.6) is 5.75 Å². The van der Waals surface area contributed by atoms with Crippen molar-refractivity contribution in [3.8, 4) is 5.75 Å². The van der Waals surface area contributed by atoms with Crippen LogP contribution >= 0.6 is 23.2 Å². The molecular formula is C16H10Cl2O3. The molecule has 2 aromatic rings. The van der Waals surface area contributed by atoms with Crippen molar-refractivity contribution in [3.05, 3.63) is 63.1 Å². The van der Waals surface area contributed by atoms with Crippen molar-refractivity contribution < 1.29 is 14.3 Å². The predicted octanol–water partition coefficient (Wildman–Crippen LogP) is 4.67. The second-order valence-electron chi connectivity index (χ2n) is 4.45. The van der Waals surface area contributed by atoms with Gasteiger partial charge in [0, 0.05) is 0 Å². The number of methoxy groups -OCH3 is 1. The molecular weight excluding hydrogens is 311 g/mol. The molecule has 1 heterocycles. The fourth-order valence-electron chi connectivity index (χ4n) is 2.15. The van der Waals surface area contributed by atoms with E-state index in [0.717, 1.165) is 11.3 Å². The second-order valence-corrected chi connectivity index (χ2v) is 5.26. The maximum absolute atomic E-state index is 11.9. The van der Waals surface area contributed by atoms with Crippen molar-refractivity contribution in [1.29, 1.82) is 0 Å². The first-order valence-electron chi connectivity index (χ1n) is 6.16. The van der Waals surface area contributed by atoms with Crippen molar-refractivity contribution in [1.82, 2.24) is 0 Å². The van der Waals surface area contributed by atoms with E-state index in [4.69, 9.17) is 32.7 Å². The molecule has 0 saturated carbocycles. The Morgan fingerprint density at radius 1 is 1.00 bits per heavy atom. The molecule has 0 saturated heterocycles. The molecule has 5 heteroatoms. The van der Waals surface area contributed by atoms with E-state index in [1.165, 1.54) is 0 Å². The van der Waals surface area contributed by atoms with E-state index >= 15 is 0 Å². The number of rotatable bonds is 2. The summed E-state index contributed by atoms with van der Waals surface area (Å²) in [6.45, 7) is 0. The average molecular weight is 321 g/mol. The molecule has 0 unspecified atom stereocenters. The number of hydrogen-bond acceptors (Lipinski definition) is 3. The summed E-state index contributed by atoms with van der Waals surface area (Å²) in [6, 6.07) is 10.6. The van der Waals surface area contributed by atoms with Gasteiger partial charge < -0.3 is 9.47 Å². The van der Waals surface area contributed by atoms with E-state index in [2.05, 4.69) is 0 Å². The van der Waals surface area contributed by atoms with Gasteiger partial charge in [0.15, 0.2) is 0 Å². The molecule has 0 bridgehead atoms. The number of halogens is 2. The molecule has 0 amide bonds. The van der Waals surface area contributed by atoms with Crippen molar-refractivity contribution in [2.24, 2.45) is 0 Å². The highest BCUT2D eigenvalue weighted by atomic mass is 35.5. The van der Waals surface area contributed by atoms with Crippen LogP contribution in [0.3, 0.4) is 0 Å². The zero-order valence-corrected chi connectivity index (χ0v) is 12.5. The molecule has 1 aliphatic rings. The molecule has 0 N–H and O–H groups in total. The van der Waals surface area contributed by atoms with E-state index in [1.54, 1.807) is 25.3 Å². The van der Waals surface area contributed by atoms with Gasteiger partial charge in [0.05, 0.1) is 28.3 Å². The fourth-order valence-corrected chi connectivity index (χ4v) is 2.63. The van der Waals surface area contributed by atoms with Crippen LogP contribution in [0, 0.1) is 0 Å². The number of carbonyl (C=O) groups is 1. The monoisotopic (exact) mass is 320 g/mol. The molecule has 21 heavy (non-hydrogen) atoms. The molecule has 0 atom stereocenters. The molecule has 3 nitrogen and oxygen atoms in total. The summed E-state index contributed by atoms with van der Waals surface area (Å²) in [5, 5.41) is 0.762. The van der Waals surface area contributed by atoms with Crippen LogP contribution < -0.4 is 4.74 Å². The molecule has 0 spiro atoms. The third-order valence-electron chi connectivity index (χ3n) is 3.17. The third-order valence-corrected chi connectivity index (χ3v) is 3.80. The molecule has 0 aliphatic carbocycles. The lowest BCUT2D eigenvalue weighted by molar-refractivity contribution is 0.0717. The number of fused-ring (bicyclic) bond motifs is 1. The van der Waals surface area contributed by atoms with Crippen molar-refractivity contribution in [2.45, 2.75) is 0 Å². The topological polar surface area (TPSA) is 35.5 Å². The summed E-state index contributed by atoms with van der Waals surface area (Å²) in [5.74, 6) is 0.659. The lowest BCUT2D eigenvalue weighted by Crippen LogP contribution is -1.94. The van der Waals surface area contributed by atoms with Gasteiger partial charge in [-0.2, -0.15) is 0 Å². The normalized spacial score (nSPS) is 15.0. The van der Waals surface area contributed by atoms with Crippen molar-refractivity contribution >= 4 is 41.0 Å². The first-order valence-corrected chi connectivity index (χ1v) is 6.92. The Morgan fingerprint density at radius 2 is 1.62 bits per heavy atom. The highest BCUT2D eigenvalue weighted by molar-refractivity contribution is 6.38. The molecule has 1 aliphatic heterocycles. The van der Waals surface area contributed by atoms with Gasteiger partial charge in [0.2, 0.25) is 0 Å². The van der Waals surface area contributed by atoms with Crippen LogP contribution in [0.25, 0.3) is 11.8 Å². The van der Waals surface area contributed by atoms with Gasteiger partial charge in [-0.05, 0) is 35.9 Å². The van der Waals surface area contributed by atoms with Crippen LogP contribution in [0.1, 0.15) is 21.5 Å². The molecule has 0 fully saturated rings. The molecule has 0 radical (unpaired) electrons. The predicted molar refractivity (Wildman–Crippen MR) is 82.7 cm³/mol. The third kappa shape index (κ3) is 2.50. The lowest BCUT2D eigenvalue weighted by Gasteiger charge is -2.03. The molecule has 106 valence electrons. The maximum Gasteiger partial charge on any atom is 0.345 e. The Morgan fingerprint density at radius 3 is 2.24 bits per heavy atom. The van der Waals surface area contributed by atoms with E-state index < -0.39 is 5.97 Å². The summed E-state index contributed by atoms with van der Waals surface area (Å²) >= 11 is 12.2. The minimum Gasteiger partial charge on any atom is -0.497 e. The van der Waals surface area contributed by atoms with Crippen molar-refractivity contribution in [3.63, 3.8) is 0 Å². The zero-order chi connectivity index (χ0) is 15.0. The SMILES string of the molecule is COc1ccc(/C=C2\OC(=O)c3c(Cl)ccc(Cl)c32)cc1. The molecule has 3 rings (SSSR count). The fraction of sp³-hybridized carbons (Fsp3) is 0.0625. The Labute approximate surface area is 131 Å². The summed E-state index contributed by atoms with van der Waals surface area (Å²) in [6.07, 6.45) is 1.74. The first-order chi connectivity index (χ1) is 10.1. The highest BCUT2D eigenvalue weighted by Crippen LogP contribution is 2.40. The Bertz CT molecular complexity index is 749. The van der Waals surface area contributed by atoms with Crippen LogP contribution in [0.15, 0.2) is 36.4 Å². The minimum absolute atomic E-state index is 0.309.